The van der Waals surface area contributed by atoms with Gasteiger partial charge in [0.05, 0.1) is 6.42 Å². The topological polar surface area (TPSA) is 83.5 Å². The normalized spacial score (nSPS) is 11.4. The smallest absolute Gasteiger partial charge is 0.481 e. The van der Waals surface area contributed by atoms with Gasteiger partial charge in [-0.05, 0) is 46.4 Å². The highest BCUT2D eigenvalue weighted by Crippen LogP contribution is 2.19. The van der Waals surface area contributed by atoms with E-state index in [1.54, 1.807) is 11.8 Å². The van der Waals surface area contributed by atoms with Crippen molar-refractivity contribution >= 4 is 35.8 Å². The minimum absolute atomic E-state index is 0.192. The van der Waals surface area contributed by atoms with Gasteiger partial charge in [0.1, 0.15) is 0 Å². The Bertz CT molecular complexity index is 315. The van der Waals surface area contributed by atoms with Gasteiger partial charge in [-0.2, -0.15) is 11.8 Å². The molecule has 0 unspecified atom stereocenters. The van der Waals surface area contributed by atoms with Gasteiger partial charge in [-0.1, -0.05) is 6.92 Å². The molecule has 7 nitrogen and oxygen atoms in total. The van der Waals surface area contributed by atoms with E-state index >= 15 is 0 Å². The van der Waals surface area contributed by atoms with Gasteiger partial charge >= 0.3 is 24.1 Å². The van der Waals surface area contributed by atoms with Gasteiger partial charge in [0.15, 0.2) is 0 Å². The zero-order chi connectivity index (χ0) is 21.0. The molecule has 0 aliphatic rings. The first kappa shape index (κ1) is 29.3. The quantitative estimate of drug-likeness (QED) is 0.269. The standard InChI is InChI=1S/C11H24O5SSi.C6H16O2Si/c1-4-14-18(15-5-2,16-6-3)10-9-17-8-7-11(12)13;1-4-7-9(6-3)8-5-2/h4-10H2,1-3H3,(H,12,13);9H,4-6H2,1-3H3. The highest BCUT2D eigenvalue weighted by molar-refractivity contribution is 7.99. The van der Waals surface area contributed by atoms with Crippen LogP contribution < -0.4 is 0 Å². The molecule has 0 heterocycles. The van der Waals surface area contributed by atoms with Crippen LogP contribution in [0, 0.1) is 0 Å². The lowest BCUT2D eigenvalue weighted by Crippen LogP contribution is -2.46. The van der Waals surface area contributed by atoms with Crippen LogP contribution in [0.15, 0.2) is 0 Å². The lowest BCUT2D eigenvalue weighted by molar-refractivity contribution is -0.136. The van der Waals surface area contributed by atoms with Crippen LogP contribution in [-0.4, -0.2) is 73.7 Å². The molecule has 0 atom stereocenters. The molecule has 0 aromatic rings. The third kappa shape index (κ3) is 17.9. The lowest BCUT2D eigenvalue weighted by atomic mass is 10.5. The Labute approximate surface area is 172 Å². The average Bonchev–Trinajstić information content (AvgIpc) is 2.62. The van der Waals surface area contributed by atoms with Crippen molar-refractivity contribution in [1.82, 2.24) is 0 Å². The highest BCUT2D eigenvalue weighted by Gasteiger charge is 2.39. The van der Waals surface area contributed by atoms with Crippen molar-refractivity contribution in [3.8, 4) is 0 Å². The summed E-state index contributed by atoms with van der Waals surface area (Å²) in [7, 11) is -3.75. The van der Waals surface area contributed by atoms with Crippen molar-refractivity contribution in [3.63, 3.8) is 0 Å². The molecule has 0 saturated heterocycles. The minimum Gasteiger partial charge on any atom is -0.481 e. The molecule has 0 aromatic heterocycles. The van der Waals surface area contributed by atoms with Crippen LogP contribution in [-0.2, 0) is 26.9 Å². The Morgan fingerprint density at radius 1 is 0.852 bits per heavy atom. The van der Waals surface area contributed by atoms with E-state index in [0.29, 0.717) is 25.6 Å². The molecule has 27 heavy (non-hydrogen) atoms. The van der Waals surface area contributed by atoms with Gasteiger partial charge in [0.25, 0.3) is 0 Å². The van der Waals surface area contributed by atoms with Gasteiger partial charge in [-0.25, -0.2) is 0 Å². The second kappa shape index (κ2) is 20.8. The van der Waals surface area contributed by atoms with Crippen LogP contribution in [0.3, 0.4) is 0 Å². The van der Waals surface area contributed by atoms with Crippen molar-refractivity contribution in [1.29, 1.82) is 0 Å². The average molecular weight is 445 g/mol. The fourth-order valence-electron chi connectivity index (χ4n) is 2.12. The van der Waals surface area contributed by atoms with Crippen LogP contribution in [0.25, 0.3) is 0 Å². The van der Waals surface area contributed by atoms with E-state index in [4.69, 9.17) is 27.2 Å². The van der Waals surface area contributed by atoms with Crippen molar-refractivity contribution in [2.24, 2.45) is 0 Å². The second-order valence-electron chi connectivity index (χ2n) is 5.24. The Kier molecular flexibility index (Phi) is 22.5. The zero-order valence-corrected chi connectivity index (χ0v) is 20.9. The van der Waals surface area contributed by atoms with Gasteiger partial charge in [-0.15, -0.1) is 0 Å². The number of rotatable bonds is 17. The first-order valence-electron chi connectivity index (χ1n) is 9.89. The maximum atomic E-state index is 10.4. The first-order chi connectivity index (χ1) is 12.9. The number of carboxylic acids is 1. The fraction of sp³-hybridized carbons (Fsp3) is 0.941. The summed E-state index contributed by atoms with van der Waals surface area (Å²) in [4.78, 5) is 10.4. The Balaban J connectivity index is 0. The summed E-state index contributed by atoms with van der Waals surface area (Å²) in [5.41, 5.74) is 0. The summed E-state index contributed by atoms with van der Waals surface area (Å²) in [5.74, 6) is 0.661. The van der Waals surface area contributed by atoms with Crippen LogP contribution >= 0.6 is 11.8 Å². The van der Waals surface area contributed by atoms with E-state index in [1.165, 1.54) is 0 Å². The number of carboxylic acid groups (broad SMARTS) is 1. The lowest BCUT2D eigenvalue weighted by Gasteiger charge is -2.28. The Morgan fingerprint density at radius 3 is 1.67 bits per heavy atom. The first-order valence-corrected chi connectivity index (χ1v) is 14.7. The maximum Gasteiger partial charge on any atom is 0.501 e. The van der Waals surface area contributed by atoms with Gasteiger partial charge in [-0.3, -0.25) is 4.79 Å². The number of thioether (sulfide) groups is 1. The molecule has 10 heteroatoms. The van der Waals surface area contributed by atoms with E-state index < -0.39 is 24.1 Å². The Morgan fingerprint density at radius 2 is 1.33 bits per heavy atom. The Hall–Kier alpha value is 0.0538. The predicted molar refractivity (Wildman–Crippen MR) is 116 cm³/mol. The molecule has 0 aliphatic heterocycles. The third-order valence-electron chi connectivity index (χ3n) is 3.14. The molecule has 0 aliphatic carbocycles. The summed E-state index contributed by atoms with van der Waals surface area (Å²) in [6, 6.07) is 1.80. The molecule has 0 saturated carbocycles. The van der Waals surface area contributed by atoms with E-state index in [2.05, 4.69) is 6.92 Å². The summed E-state index contributed by atoms with van der Waals surface area (Å²) in [6.07, 6.45) is 0.192. The predicted octanol–water partition coefficient (Wildman–Crippen LogP) is 3.54. The number of aliphatic carboxylic acids is 1. The molecule has 0 radical (unpaired) electrons. The number of hydrogen-bond donors (Lipinski definition) is 1. The van der Waals surface area contributed by atoms with Crippen molar-refractivity contribution in [2.45, 2.75) is 60.1 Å². The fourth-order valence-corrected chi connectivity index (χ4v) is 7.53. The molecule has 0 spiro atoms. The number of hydrogen-bond acceptors (Lipinski definition) is 7. The van der Waals surface area contributed by atoms with Crippen LogP contribution in [0.4, 0.5) is 0 Å². The molecule has 0 fully saturated rings. The van der Waals surface area contributed by atoms with Crippen molar-refractivity contribution in [2.75, 3.05) is 44.5 Å². The second-order valence-corrected chi connectivity index (χ2v) is 11.5. The van der Waals surface area contributed by atoms with Crippen molar-refractivity contribution < 1.29 is 32.0 Å². The molecule has 164 valence electrons. The molecule has 0 aromatic carbocycles. The van der Waals surface area contributed by atoms with E-state index in [1.807, 2.05) is 34.6 Å². The molecule has 0 rings (SSSR count). The highest BCUT2D eigenvalue weighted by atomic mass is 32.2. The minimum atomic E-state index is -2.54. The van der Waals surface area contributed by atoms with Crippen LogP contribution in [0.5, 0.6) is 0 Å². The van der Waals surface area contributed by atoms with Gasteiger partial charge in [0.2, 0.25) is 0 Å². The summed E-state index contributed by atoms with van der Waals surface area (Å²) in [6.45, 7) is 15.2. The SMILES string of the molecule is CCO[SiH](CC)OCC.CCO[Si](CCSCCC(=O)O)(OCC)OCC. The summed E-state index contributed by atoms with van der Waals surface area (Å²) in [5, 5.41) is 8.55. The van der Waals surface area contributed by atoms with Crippen LogP contribution in [0.1, 0.15) is 48.0 Å². The van der Waals surface area contributed by atoms with E-state index in [0.717, 1.165) is 31.1 Å². The molecule has 1 N–H and O–H groups in total. The van der Waals surface area contributed by atoms with Crippen molar-refractivity contribution in [3.05, 3.63) is 0 Å². The summed E-state index contributed by atoms with van der Waals surface area (Å²) >= 11 is 1.60. The maximum absolute atomic E-state index is 10.4. The van der Waals surface area contributed by atoms with Crippen LogP contribution in [0.2, 0.25) is 12.1 Å². The van der Waals surface area contributed by atoms with Gasteiger partial charge in [0, 0.05) is 44.8 Å². The zero-order valence-electron chi connectivity index (χ0n) is 18.0. The van der Waals surface area contributed by atoms with E-state index in [-0.39, 0.29) is 6.42 Å². The monoisotopic (exact) mass is 444 g/mol. The molecular weight excluding hydrogens is 404 g/mol. The largest absolute Gasteiger partial charge is 0.501 e. The molecule has 0 bridgehead atoms. The summed E-state index contributed by atoms with van der Waals surface area (Å²) < 4.78 is 27.8. The van der Waals surface area contributed by atoms with Gasteiger partial charge < -0.3 is 27.2 Å². The molecule has 0 amide bonds. The third-order valence-corrected chi connectivity index (χ3v) is 9.62. The number of carbonyl (C=O) groups is 1. The molecular formula is C17H40O7SSi2. The van der Waals surface area contributed by atoms with E-state index in [9.17, 15) is 4.79 Å².